The SMILES string of the molecule is O=S(=O)(NC1(CCl)CC1)c1cc(Cl)c(Br)s1. The number of alkyl halides is 1. The van der Waals surface area contributed by atoms with Crippen molar-refractivity contribution < 1.29 is 8.42 Å². The molecule has 16 heavy (non-hydrogen) atoms. The van der Waals surface area contributed by atoms with Crippen LogP contribution >= 0.6 is 50.5 Å². The van der Waals surface area contributed by atoms with Crippen LogP contribution in [0.4, 0.5) is 0 Å². The summed E-state index contributed by atoms with van der Waals surface area (Å²) in [5.74, 6) is 0.298. The molecule has 1 aliphatic rings. The van der Waals surface area contributed by atoms with Crippen molar-refractivity contribution >= 4 is 60.5 Å². The lowest BCUT2D eigenvalue weighted by atomic mass is 10.4. The van der Waals surface area contributed by atoms with E-state index in [0.717, 1.165) is 24.2 Å². The van der Waals surface area contributed by atoms with E-state index >= 15 is 0 Å². The zero-order chi connectivity index (χ0) is 12.0. The number of hydrogen-bond donors (Lipinski definition) is 1. The lowest BCUT2D eigenvalue weighted by molar-refractivity contribution is 0.561. The van der Waals surface area contributed by atoms with E-state index in [0.29, 0.717) is 14.7 Å². The maximum Gasteiger partial charge on any atom is 0.250 e. The molecule has 0 unspecified atom stereocenters. The second-order valence-electron chi connectivity index (χ2n) is 3.71. The summed E-state index contributed by atoms with van der Waals surface area (Å²) in [6, 6.07) is 1.43. The van der Waals surface area contributed by atoms with Crippen molar-refractivity contribution in [2.45, 2.75) is 22.6 Å². The molecule has 1 aromatic heterocycles. The van der Waals surface area contributed by atoms with Crippen LogP contribution in [0.15, 0.2) is 14.1 Å². The number of halogens is 3. The van der Waals surface area contributed by atoms with Crippen molar-refractivity contribution in [3.63, 3.8) is 0 Å². The normalized spacial score (nSPS) is 18.7. The molecule has 90 valence electrons. The van der Waals surface area contributed by atoms with E-state index in [1.54, 1.807) is 0 Å². The highest BCUT2D eigenvalue weighted by atomic mass is 79.9. The van der Waals surface area contributed by atoms with E-state index in [1.807, 2.05) is 0 Å². The molecule has 0 amide bonds. The van der Waals surface area contributed by atoms with Crippen LogP contribution in [0.1, 0.15) is 12.8 Å². The largest absolute Gasteiger partial charge is 0.250 e. The van der Waals surface area contributed by atoms with E-state index in [-0.39, 0.29) is 4.21 Å². The molecule has 1 aliphatic carbocycles. The number of rotatable bonds is 4. The summed E-state index contributed by atoms with van der Waals surface area (Å²) in [7, 11) is -3.50. The molecule has 0 aliphatic heterocycles. The molecule has 1 saturated carbocycles. The predicted molar refractivity (Wildman–Crippen MR) is 70.0 cm³/mol. The van der Waals surface area contributed by atoms with Crippen molar-refractivity contribution in [1.29, 1.82) is 0 Å². The smallest absolute Gasteiger partial charge is 0.206 e. The van der Waals surface area contributed by atoms with E-state index in [2.05, 4.69) is 20.7 Å². The summed E-state index contributed by atoms with van der Waals surface area (Å²) in [5, 5.41) is 0.404. The summed E-state index contributed by atoms with van der Waals surface area (Å²) in [4.78, 5) is 0. The first-order valence-corrected chi connectivity index (χ1v) is 8.44. The molecule has 1 N–H and O–H groups in total. The van der Waals surface area contributed by atoms with Gasteiger partial charge in [-0.15, -0.1) is 22.9 Å². The Morgan fingerprint density at radius 2 is 2.19 bits per heavy atom. The Labute approximate surface area is 116 Å². The zero-order valence-electron chi connectivity index (χ0n) is 7.97. The molecule has 1 fully saturated rings. The number of hydrogen-bond acceptors (Lipinski definition) is 3. The Hall–Kier alpha value is 0.670. The number of thiophene rings is 1. The average Bonchev–Trinajstić information content (AvgIpc) is 2.88. The van der Waals surface area contributed by atoms with Gasteiger partial charge in [-0.2, -0.15) is 0 Å². The summed E-state index contributed by atoms with van der Waals surface area (Å²) in [6.45, 7) is 0. The third-order valence-electron chi connectivity index (χ3n) is 2.35. The first-order valence-electron chi connectivity index (χ1n) is 4.43. The fraction of sp³-hybridized carbons (Fsp3) is 0.500. The highest BCUT2D eigenvalue weighted by Gasteiger charge is 2.45. The summed E-state index contributed by atoms with van der Waals surface area (Å²) >= 11 is 15.8. The molecule has 0 bridgehead atoms. The Balaban J connectivity index is 2.26. The number of nitrogens with one attached hydrogen (secondary N) is 1. The Morgan fingerprint density at radius 1 is 1.56 bits per heavy atom. The fourth-order valence-electron chi connectivity index (χ4n) is 1.21. The van der Waals surface area contributed by atoms with Crippen molar-refractivity contribution in [3.05, 3.63) is 14.9 Å². The van der Waals surface area contributed by atoms with Crippen LogP contribution in [0.2, 0.25) is 5.02 Å². The minimum atomic E-state index is -3.50. The van der Waals surface area contributed by atoms with Crippen LogP contribution in [0.25, 0.3) is 0 Å². The van der Waals surface area contributed by atoms with Gasteiger partial charge in [0.25, 0.3) is 10.0 Å². The van der Waals surface area contributed by atoms with Gasteiger partial charge in [-0.1, -0.05) is 11.6 Å². The average molecular weight is 365 g/mol. The minimum Gasteiger partial charge on any atom is -0.206 e. The summed E-state index contributed by atoms with van der Waals surface area (Å²) in [6.07, 6.45) is 1.58. The van der Waals surface area contributed by atoms with E-state index in [1.165, 1.54) is 6.07 Å². The zero-order valence-corrected chi connectivity index (χ0v) is 12.7. The maximum atomic E-state index is 12.0. The lowest BCUT2D eigenvalue weighted by Gasteiger charge is -2.12. The third kappa shape index (κ3) is 2.57. The summed E-state index contributed by atoms with van der Waals surface area (Å²) < 4.78 is 27.4. The van der Waals surface area contributed by atoms with Crippen molar-refractivity contribution in [1.82, 2.24) is 4.72 Å². The lowest BCUT2D eigenvalue weighted by Crippen LogP contribution is -2.37. The molecular weight excluding hydrogens is 357 g/mol. The molecule has 3 nitrogen and oxygen atoms in total. The molecule has 0 spiro atoms. The minimum absolute atomic E-state index is 0.209. The molecule has 0 aromatic carbocycles. The molecule has 8 heteroatoms. The van der Waals surface area contributed by atoms with Gasteiger partial charge in [0.2, 0.25) is 0 Å². The van der Waals surface area contributed by atoms with Crippen LogP contribution in [-0.2, 0) is 10.0 Å². The van der Waals surface area contributed by atoms with Crippen molar-refractivity contribution in [2.24, 2.45) is 0 Å². The highest BCUT2D eigenvalue weighted by Crippen LogP contribution is 2.40. The molecule has 0 atom stereocenters. The van der Waals surface area contributed by atoms with Gasteiger partial charge in [-0.3, -0.25) is 0 Å². The van der Waals surface area contributed by atoms with E-state index < -0.39 is 15.6 Å². The van der Waals surface area contributed by atoms with Crippen LogP contribution < -0.4 is 4.72 Å². The van der Waals surface area contributed by atoms with Gasteiger partial charge in [-0.25, -0.2) is 13.1 Å². The van der Waals surface area contributed by atoms with Crippen LogP contribution in [0.5, 0.6) is 0 Å². The molecule has 0 saturated heterocycles. The second-order valence-corrected chi connectivity index (χ2v) is 8.66. The van der Waals surface area contributed by atoms with Crippen LogP contribution in [-0.4, -0.2) is 19.8 Å². The fourth-order valence-corrected chi connectivity index (χ4v) is 5.48. The van der Waals surface area contributed by atoms with E-state index in [4.69, 9.17) is 23.2 Å². The quantitative estimate of drug-likeness (QED) is 0.833. The van der Waals surface area contributed by atoms with Gasteiger partial charge in [-0.05, 0) is 34.8 Å². The van der Waals surface area contributed by atoms with Gasteiger partial charge in [0.1, 0.15) is 4.21 Å². The Kier molecular flexibility index (Phi) is 3.61. The molecular formula is C8H8BrCl2NO2S2. The molecule has 1 aromatic rings. The Morgan fingerprint density at radius 3 is 2.56 bits per heavy atom. The third-order valence-corrected chi connectivity index (χ3v) is 7.39. The van der Waals surface area contributed by atoms with Gasteiger partial charge >= 0.3 is 0 Å². The van der Waals surface area contributed by atoms with Gasteiger partial charge in [0, 0.05) is 11.4 Å². The standard InChI is InChI=1S/C8H8BrCl2NO2S2/c9-7-5(11)3-6(15-7)16(13,14)12-8(4-10)1-2-8/h3,12H,1-2,4H2. The molecule has 2 rings (SSSR count). The number of sulfonamides is 1. The first kappa shape index (κ1) is 13.1. The van der Waals surface area contributed by atoms with Crippen LogP contribution in [0, 0.1) is 0 Å². The molecule has 1 heterocycles. The van der Waals surface area contributed by atoms with Gasteiger partial charge in [0.05, 0.1) is 8.81 Å². The van der Waals surface area contributed by atoms with Crippen molar-refractivity contribution in [3.8, 4) is 0 Å². The first-order chi connectivity index (χ1) is 7.38. The van der Waals surface area contributed by atoms with Crippen molar-refractivity contribution in [2.75, 3.05) is 5.88 Å². The van der Waals surface area contributed by atoms with Crippen LogP contribution in [0.3, 0.4) is 0 Å². The van der Waals surface area contributed by atoms with Gasteiger partial charge in [0.15, 0.2) is 0 Å². The molecule has 0 radical (unpaired) electrons. The van der Waals surface area contributed by atoms with E-state index in [9.17, 15) is 8.42 Å². The monoisotopic (exact) mass is 363 g/mol. The highest BCUT2D eigenvalue weighted by molar-refractivity contribution is 9.11. The summed E-state index contributed by atoms with van der Waals surface area (Å²) in [5.41, 5.74) is -0.441. The maximum absolute atomic E-state index is 12.0. The Bertz CT molecular complexity index is 491. The predicted octanol–water partition coefficient (Wildman–Crippen LogP) is 3.21. The topological polar surface area (TPSA) is 46.2 Å². The van der Waals surface area contributed by atoms with Gasteiger partial charge < -0.3 is 0 Å². The second kappa shape index (κ2) is 4.40.